The van der Waals surface area contributed by atoms with Crippen molar-refractivity contribution in [1.29, 1.82) is 0 Å². The van der Waals surface area contributed by atoms with E-state index in [1.54, 1.807) is 19.1 Å². The van der Waals surface area contributed by atoms with Crippen molar-refractivity contribution in [3.05, 3.63) is 101 Å². The summed E-state index contributed by atoms with van der Waals surface area (Å²) < 4.78 is 41.3. The molecule has 0 radical (unpaired) electrons. The first-order valence-corrected chi connectivity index (χ1v) is 14.2. The largest absolute Gasteiger partial charge is 0.473 e. The molecule has 2 aromatic heterocycles. The Bertz CT molecular complexity index is 1510. The third-order valence-electron chi connectivity index (χ3n) is 6.84. The molecule has 0 saturated heterocycles. The van der Waals surface area contributed by atoms with Crippen molar-refractivity contribution in [2.45, 2.75) is 66.0 Å². The van der Waals surface area contributed by atoms with Crippen molar-refractivity contribution in [3.63, 3.8) is 0 Å². The van der Waals surface area contributed by atoms with Crippen molar-refractivity contribution < 1.29 is 27.8 Å². The molecule has 0 bridgehead atoms. The van der Waals surface area contributed by atoms with Gasteiger partial charge in [0.15, 0.2) is 0 Å². The van der Waals surface area contributed by atoms with Crippen molar-refractivity contribution in [2.24, 2.45) is 0 Å². The van der Waals surface area contributed by atoms with Gasteiger partial charge in [0.05, 0.1) is 27.9 Å². The first-order chi connectivity index (χ1) is 20.5. The fourth-order valence-electron chi connectivity index (χ4n) is 4.65. The Morgan fingerprint density at radius 2 is 1.88 bits per heavy atom. The maximum absolute atomic E-state index is 14.5. The highest BCUT2D eigenvalue weighted by molar-refractivity contribution is 6.02. The topological polar surface area (TPSA) is 94.0 Å². The SMILES string of the molecule is C=CCC=C(F)C(COc1cc(C)cc2c(C(=O)NCC(C)(CCC)NC(=O)OCc3ccccc3)c(C)nn12)=C(C)F. The minimum Gasteiger partial charge on any atom is -0.473 e. The molecule has 0 fully saturated rings. The van der Waals surface area contributed by atoms with Crippen LogP contribution in [0.2, 0.25) is 0 Å². The minimum atomic E-state index is -0.768. The number of carbonyl (C=O) groups is 2. The van der Waals surface area contributed by atoms with Gasteiger partial charge in [-0.25, -0.2) is 13.6 Å². The van der Waals surface area contributed by atoms with E-state index >= 15 is 0 Å². The van der Waals surface area contributed by atoms with Gasteiger partial charge in [-0.2, -0.15) is 9.61 Å². The minimum absolute atomic E-state index is 0.131. The number of aromatic nitrogens is 2. The third kappa shape index (κ3) is 9.01. The van der Waals surface area contributed by atoms with Crippen molar-refractivity contribution >= 4 is 17.5 Å². The van der Waals surface area contributed by atoms with Gasteiger partial charge in [-0.1, -0.05) is 49.8 Å². The average Bonchev–Trinajstić information content (AvgIpc) is 3.29. The second-order valence-corrected chi connectivity index (χ2v) is 10.7. The Kier molecular flexibility index (Phi) is 11.6. The predicted molar refractivity (Wildman–Crippen MR) is 163 cm³/mol. The fourth-order valence-corrected chi connectivity index (χ4v) is 4.65. The van der Waals surface area contributed by atoms with Crippen LogP contribution in [0.15, 0.2) is 78.4 Å². The highest BCUT2D eigenvalue weighted by Crippen LogP contribution is 2.26. The standard InChI is InChI=1S/C33H40F2N4O4/c1-7-9-15-27(35)26(23(4)34)20-42-29-18-22(3)17-28-30(24(5)38-39(28)29)31(40)36-21-33(6,16-8-2)37-32(41)43-19-25-13-11-10-12-14-25/h7,10-15,17-18H,1,8-9,16,19-21H2,2-6H3,(H,36,40)(H,37,41). The molecular weight excluding hydrogens is 554 g/mol. The monoisotopic (exact) mass is 594 g/mol. The summed E-state index contributed by atoms with van der Waals surface area (Å²) in [6, 6.07) is 12.8. The zero-order valence-corrected chi connectivity index (χ0v) is 25.4. The summed E-state index contributed by atoms with van der Waals surface area (Å²) in [4.78, 5) is 26.1. The molecule has 0 aliphatic carbocycles. The molecule has 1 aromatic carbocycles. The first-order valence-electron chi connectivity index (χ1n) is 14.2. The van der Waals surface area contributed by atoms with Crippen LogP contribution in [0.25, 0.3) is 5.52 Å². The zero-order chi connectivity index (χ0) is 31.6. The summed E-state index contributed by atoms with van der Waals surface area (Å²) in [7, 11) is 0. The lowest BCUT2D eigenvalue weighted by atomic mass is 9.96. The molecule has 43 heavy (non-hydrogen) atoms. The number of halogens is 2. The fraction of sp³-hybridized carbons (Fsp3) is 0.364. The van der Waals surface area contributed by atoms with Crippen LogP contribution in [0.4, 0.5) is 13.6 Å². The van der Waals surface area contributed by atoms with Gasteiger partial charge >= 0.3 is 6.09 Å². The van der Waals surface area contributed by atoms with Gasteiger partial charge < -0.3 is 20.1 Å². The summed E-state index contributed by atoms with van der Waals surface area (Å²) in [6.45, 7) is 12.0. The highest BCUT2D eigenvalue weighted by Gasteiger charge is 2.29. The lowest BCUT2D eigenvalue weighted by Gasteiger charge is -2.30. The van der Waals surface area contributed by atoms with E-state index in [2.05, 4.69) is 22.3 Å². The lowest BCUT2D eigenvalue weighted by Crippen LogP contribution is -2.53. The van der Waals surface area contributed by atoms with Crippen LogP contribution in [-0.4, -0.2) is 40.3 Å². The number of ether oxygens (including phenoxy) is 2. The number of alkyl carbamates (subject to hydrolysis) is 1. The maximum Gasteiger partial charge on any atom is 0.407 e. The van der Waals surface area contributed by atoms with Crippen molar-refractivity contribution in [3.8, 4) is 5.88 Å². The van der Waals surface area contributed by atoms with Crippen LogP contribution in [0.3, 0.4) is 0 Å². The van der Waals surface area contributed by atoms with Gasteiger partial charge in [0.1, 0.15) is 24.9 Å². The number of nitrogens with zero attached hydrogens (tertiary/aromatic N) is 2. The molecule has 2 N–H and O–H groups in total. The van der Waals surface area contributed by atoms with Crippen LogP contribution in [0, 0.1) is 13.8 Å². The van der Waals surface area contributed by atoms with Gasteiger partial charge in [-0.15, -0.1) is 6.58 Å². The molecule has 1 unspecified atom stereocenters. The molecule has 8 nitrogen and oxygen atoms in total. The molecule has 0 saturated carbocycles. The first kappa shape index (κ1) is 33.0. The van der Waals surface area contributed by atoms with Crippen molar-refractivity contribution in [2.75, 3.05) is 13.2 Å². The Morgan fingerprint density at radius 3 is 2.53 bits per heavy atom. The van der Waals surface area contributed by atoms with Crippen LogP contribution in [-0.2, 0) is 11.3 Å². The van der Waals surface area contributed by atoms with Crippen LogP contribution in [0.1, 0.15) is 67.2 Å². The summed E-state index contributed by atoms with van der Waals surface area (Å²) in [5.74, 6) is -1.59. The summed E-state index contributed by atoms with van der Waals surface area (Å²) in [5, 5.41) is 10.3. The third-order valence-corrected chi connectivity index (χ3v) is 6.84. The number of fused-ring (bicyclic) bond motifs is 1. The van der Waals surface area contributed by atoms with E-state index in [1.807, 2.05) is 51.1 Å². The van der Waals surface area contributed by atoms with E-state index < -0.39 is 23.3 Å². The van der Waals surface area contributed by atoms with E-state index in [4.69, 9.17) is 9.47 Å². The van der Waals surface area contributed by atoms with E-state index in [0.717, 1.165) is 24.5 Å². The molecule has 10 heteroatoms. The van der Waals surface area contributed by atoms with Crippen LogP contribution < -0.4 is 15.4 Å². The molecule has 2 heterocycles. The smallest absolute Gasteiger partial charge is 0.407 e. The number of rotatable bonds is 14. The molecule has 1 atom stereocenters. The van der Waals surface area contributed by atoms with Crippen molar-refractivity contribution in [1.82, 2.24) is 20.2 Å². The van der Waals surface area contributed by atoms with Gasteiger partial charge in [0, 0.05) is 12.6 Å². The van der Waals surface area contributed by atoms with E-state index in [-0.39, 0.29) is 43.5 Å². The normalized spacial score (nSPS) is 13.6. The molecular formula is C33H40F2N4O4. The number of pyridine rings is 1. The van der Waals surface area contributed by atoms with E-state index in [0.29, 0.717) is 23.2 Å². The summed E-state index contributed by atoms with van der Waals surface area (Å²) in [5.41, 5.74) is 1.89. The van der Waals surface area contributed by atoms with E-state index in [9.17, 15) is 18.4 Å². The molecule has 2 amide bonds. The van der Waals surface area contributed by atoms with Crippen LogP contribution in [0.5, 0.6) is 5.88 Å². The Morgan fingerprint density at radius 1 is 1.16 bits per heavy atom. The highest BCUT2D eigenvalue weighted by atomic mass is 19.1. The maximum atomic E-state index is 14.5. The second-order valence-electron chi connectivity index (χ2n) is 10.7. The van der Waals surface area contributed by atoms with E-state index in [1.165, 1.54) is 16.7 Å². The summed E-state index contributed by atoms with van der Waals surface area (Å²) >= 11 is 0. The number of benzene rings is 1. The van der Waals surface area contributed by atoms with Gasteiger partial charge in [0.2, 0.25) is 5.88 Å². The molecule has 0 spiro atoms. The Hall–Kier alpha value is -4.47. The molecule has 0 aliphatic rings. The number of carbonyl (C=O) groups excluding carboxylic acids is 2. The summed E-state index contributed by atoms with van der Waals surface area (Å²) in [6.07, 6.45) is 3.76. The van der Waals surface area contributed by atoms with Gasteiger partial charge in [-0.3, -0.25) is 4.79 Å². The van der Waals surface area contributed by atoms with Gasteiger partial charge in [-0.05, 0) is 63.8 Å². The molecule has 3 aromatic rings. The van der Waals surface area contributed by atoms with Gasteiger partial charge in [0.25, 0.3) is 5.91 Å². The quantitative estimate of drug-likeness (QED) is 0.152. The number of aryl methyl sites for hydroxylation is 2. The Labute approximate surface area is 251 Å². The lowest BCUT2D eigenvalue weighted by molar-refractivity contribution is 0.0928. The Balaban J connectivity index is 1.77. The zero-order valence-electron chi connectivity index (χ0n) is 25.4. The number of nitrogens with one attached hydrogen (secondary N) is 2. The van der Waals surface area contributed by atoms with Crippen LogP contribution >= 0.6 is 0 Å². The average molecular weight is 595 g/mol. The molecule has 230 valence electrons. The second kappa shape index (κ2) is 15.1. The number of allylic oxidation sites excluding steroid dienone is 3. The number of hydrogen-bond acceptors (Lipinski definition) is 5. The number of amides is 2. The molecule has 0 aliphatic heterocycles. The number of hydrogen-bond donors (Lipinski definition) is 2. The predicted octanol–water partition coefficient (Wildman–Crippen LogP) is 7.22. The molecule has 3 rings (SSSR count).